The predicted molar refractivity (Wildman–Crippen MR) is 69.3 cm³/mol. The standard InChI is InChI=1S/C13H24N2O3/c1-9(13(17)18)5-3-6-10(2)15-12(16)11-7-4-8-14-11/h9-11,14H,3-8H2,1-2H3,(H,15,16)(H,17,18)/t9?,10?,11-/m0/s1. The van der Waals surface area contributed by atoms with Crippen molar-refractivity contribution in [2.45, 2.75) is 58.0 Å². The van der Waals surface area contributed by atoms with Gasteiger partial charge in [0.25, 0.3) is 0 Å². The van der Waals surface area contributed by atoms with Crippen LogP contribution >= 0.6 is 0 Å². The summed E-state index contributed by atoms with van der Waals surface area (Å²) in [5.74, 6) is -0.975. The van der Waals surface area contributed by atoms with Crippen LogP contribution in [0.3, 0.4) is 0 Å². The fourth-order valence-electron chi connectivity index (χ4n) is 2.18. The van der Waals surface area contributed by atoms with Gasteiger partial charge >= 0.3 is 5.97 Å². The molecule has 0 aliphatic carbocycles. The summed E-state index contributed by atoms with van der Waals surface area (Å²) in [4.78, 5) is 22.4. The second kappa shape index (κ2) is 7.36. The molecule has 3 N–H and O–H groups in total. The van der Waals surface area contributed by atoms with Crippen LogP contribution in [-0.2, 0) is 9.59 Å². The first kappa shape index (κ1) is 15.0. The Hall–Kier alpha value is -1.10. The average Bonchev–Trinajstić information content (AvgIpc) is 2.81. The highest BCUT2D eigenvalue weighted by molar-refractivity contribution is 5.82. The zero-order valence-corrected chi connectivity index (χ0v) is 11.2. The lowest BCUT2D eigenvalue weighted by molar-refractivity contribution is -0.141. The first-order valence-electron chi connectivity index (χ1n) is 6.77. The Morgan fingerprint density at radius 1 is 1.39 bits per heavy atom. The monoisotopic (exact) mass is 256 g/mol. The van der Waals surface area contributed by atoms with Crippen LogP contribution in [0.4, 0.5) is 0 Å². The van der Waals surface area contributed by atoms with Crippen LogP contribution in [0.5, 0.6) is 0 Å². The second-order valence-corrected chi connectivity index (χ2v) is 5.23. The minimum Gasteiger partial charge on any atom is -0.481 e. The molecule has 3 atom stereocenters. The van der Waals surface area contributed by atoms with Crippen molar-refractivity contribution in [3.8, 4) is 0 Å². The van der Waals surface area contributed by atoms with Gasteiger partial charge < -0.3 is 15.7 Å². The molecule has 1 aliphatic rings. The van der Waals surface area contributed by atoms with Crippen molar-refractivity contribution < 1.29 is 14.7 Å². The summed E-state index contributed by atoms with van der Waals surface area (Å²) < 4.78 is 0. The quantitative estimate of drug-likeness (QED) is 0.638. The topological polar surface area (TPSA) is 78.4 Å². The van der Waals surface area contributed by atoms with E-state index >= 15 is 0 Å². The van der Waals surface area contributed by atoms with E-state index in [0.29, 0.717) is 6.42 Å². The zero-order chi connectivity index (χ0) is 13.5. The average molecular weight is 256 g/mol. The number of carbonyl (C=O) groups excluding carboxylic acids is 1. The molecule has 0 bridgehead atoms. The molecule has 5 nitrogen and oxygen atoms in total. The number of carboxylic acids is 1. The Balaban J connectivity index is 2.14. The number of nitrogens with one attached hydrogen (secondary N) is 2. The molecule has 1 saturated heterocycles. The van der Waals surface area contributed by atoms with E-state index in [1.54, 1.807) is 6.92 Å². The smallest absolute Gasteiger partial charge is 0.306 e. The van der Waals surface area contributed by atoms with Gasteiger partial charge in [0.2, 0.25) is 5.91 Å². The highest BCUT2D eigenvalue weighted by atomic mass is 16.4. The van der Waals surface area contributed by atoms with E-state index in [4.69, 9.17) is 5.11 Å². The molecule has 1 aliphatic heterocycles. The van der Waals surface area contributed by atoms with E-state index in [9.17, 15) is 9.59 Å². The van der Waals surface area contributed by atoms with Gasteiger partial charge in [-0.2, -0.15) is 0 Å². The van der Waals surface area contributed by atoms with Gasteiger partial charge in [-0.05, 0) is 39.2 Å². The first-order chi connectivity index (χ1) is 8.50. The molecule has 5 heteroatoms. The molecule has 104 valence electrons. The lowest BCUT2D eigenvalue weighted by Crippen LogP contribution is -2.44. The van der Waals surface area contributed by atoms with Crippen molar-refractivity contribution in [2.75, 3.05) is 6.54 Å². The zero-order valence-electron chi connectivity index (χ0n) is 11.2. The van der Waals surface area contributed by atoms with Gasteiger partial charge in [0.15, 0.2) is 0 Å². The van der Waals surface area contributed by atoms with Crippen molar-refractivity contribution in [3.05, 3.63) is 0 Å². The fourth-order valence-corrected chi connectivity index (χ4v) is 2.18. The van der Waals surface area contributed by atoms with Crippen LogP contribution in [0, 0.1) is 5.92 Å². The third-order valence-electron chi connectivity index (χ3n) is 3.46. The Morgan fingerprint density at radius 2 is 2.11 bits per heavy atom. The van der Waals surface area contributed by atoms with Gasteiger partial charge in [0.05, 0.1) is 12.0 Å². The van der Waals surface area contributed by atoms with Crippen LogP contribution < -0.4 is 10.6 Å². The summed E-state index contributed by atoms with van der Waals surface area (Å²) in [6, 6.07) is 0.0753. The number of carboxylic acid groups (broad SMARTS) is 1. The van der Waals surface area contributed by atoms with Crippen molar-refractivity contribution in [1.29, 1.82) is 0 Å². The molecule has 1 rings (SSSR count). The lowest BCUT2D eigenvalue weighted by atomic mass is 10.0. The van der Waals surface area contributed by atoms with Crippen LogP contribution in [-0.4, -0.2) is 35.6 Å². The number of aliphatic carboxylic acids is 1. The van der Waals surface area contributed by atoms with Crippen LogP contribution in [0.15, 0.2) is 0 Å². The summed E-state index contributed by atoms with van der Waals surface area (Å²) in [5, 5.41) is 14.9. The van der Waals surface area contributed by atoms with E-state index in [-0.39, 0.29) is 23.9 Å². The van der Waals surface area contributed by atoms with Crippen molar-refractivity contribution in [2.24, 2.45) is 5.92 Å². The fraction of sp³-hybridized carbons (Fsp3) is 0.846. The Morgan fingerprint density at radius 3 is 2.67 bits per heavy atom. The molecular weight excluding hydrogens is 232 g/mol. The van der Waals surface area contributed by atoms with Gasteiger partial charge in [0.1, 0.15) is 0 Å². The van der Waals surface area contributed by atoms with Gasteiger partial charge in [-0.15, -0.1) is 0 Å². The summed E-state index contributed by atoms with van der Waals surface area (Å²) in [6.07, 6.45) is 4.29. The Kier molecular flexibility index (Phi) is 6.12. The maximum atomic E-state index is 11.8. The Labute approximate surface area is 108 Å². The van der Waals surface area contributed by atoms with Gasteiger partial charge in [0, 0.05) is 6.04 Å². The van der Waals surface area contributed by atoms with Crippen LogP contribution in [0.25, 0.3) is 0 Å². The van der Waals surface area contributed by atoms with Crippen molar-refractivity contribution in [3.63, 3.8) is 0 Å². The second-order valence-electron chi connectivity index (χ2n) is 5.23. The maximum Gasteiger partial charge on any atom is 0.306 e. The predicted octanol–water partition coefficient (Wildman–Crippen LogP) is 1.13. The molecule has 0 spiro atoms. The van der Waals surface area contributed by atoms with E-state index in [1.165, 1.54) is 0 Å². The lowest BCUT2D eigenvalue weighted by Gasteiger charge is -2.17. The molecule has 18 heavy (non-hydrogen) atoms. The third kappa shape index (κ3) is 5.04. The first-order valence-corrected chi connectivity index (χ1v) is 6.77. The number of rotatable bonds is 7. The maximum absolute atomic E-state index is 11.8. The third-order valence-corrected chi connectivity index (χ3v) is 3.46. The minimum atomic E-state index is -0.748. The van der Waals surface area contributed by atoms with Gasteiger partial charge in [-0.25, -0.2) is 0 Å². The number of hydrogen-bond donors (Lipinski definition) is 3. The molecule has 0 saturated carbocycles. The van der Waals surface area contributed by atoms with Crippen molar-refractivity contribution >= 4 is 11.9 Å². The number of carbonyl (C=O) groups is 2. The summed E-state index contributed by atoms with van der Waals surface area (Å²) >= 11 is 0. The largest absolute Gasteiger partial charge is 0.481 e. The van der Waals surface area contributed by atoms with Crippen molar-refractivity contribution in [1.82, 2.24) is 10.6 Å². The number of hydrogen-bond acceptors (Lipinski definition) is 3. The number of amides is 1. The van der Waals surface area contributed by atoms with E-state index in [0.717, 1.165) is 32.2 Å². The molecule has 0 aromatic heterocycles. The highest BCUT2D eigenvalue weighted by Crippen LogP contribution is 2.10. The molecule has 1 amide bonds. The van der Waals surface area contributed by atoms with Crippen LogP contribution in [0.1, 0.15) is 46.0 Å². The molecule has 1 heterocycles. The van der Waals surface area contributed by atoms with E-state index in [1.807, 2.05) is 6.92 Å². The van der Waals surface area contributed by atoms with Gasteiger partial charge in [-0.3, -0.25) is 9.59 Å². The molecule has 0 aromatic carbocycles. The normalized spacial score (nSPS) is 22.4. The SMILES string of the molecule is CC(CCCC(C)C(=O)O)NC(=O)[C@@H]1CCCN1. The molecule has 0 radical (unpaired) electrons. The highest BCUT2D eigenvalue weighted by Gasteiger charge is 2.22. The molecule has 2 unspecified atom stereocenters. The summed E-state index contributed by atoms with van der Waals surface area (Å²) in [7, 11) is 0. The van der Waals surface area contributed by atoms with E-state index in [2.05, 4.69) is 10.6 Å². The summed E-state index contributed by atoms with van der Waals surface area (Å²) in [6.45, 7) is 4.61. The van der Waals surface area contributed by atoms with Gasteiger partial charge in [-0.1, -0.05) is 13.3 Å². The molecular formula is C13H24N2O3. The Bertz CT molecular complexity index is 288. The molecule has 1 fully saturated rings. The van der Waals surface area contributed by atoms with Crippen LogP contribution in [0.2, 0.25) is 0 Å². The summed E-state index contributed by atoms with van der Waals surface area (Å²) in [5.41, 5.74) is 0. The van der Waals surface area contributed by atoms with E-state index < -0.39 is 5.97 Å². The molecule has 0 aromatic rings. The minimum absolute atomic E-state index is 0.0367.